The molecular formula is C23H21F3N4O3. The van der Waals surface area contributed by atoms with Gasteiger partial charge in [-0.2, -0.15) is 13.2 Å². The van der Waals surface area contributed by atoms with E-state index in [1.165, 1.54) is 18.3 Å². The maximum atomic E-state index is 13.5. The molecule has 0 unspecified atom stereocenters. The van der Waals surface area contributed by atoms with Crippen LogP contribution in [0.25, 0.3) is 11.5 Å². The normalized spacial score (nSPS) is 14.8. The second-order valence-electron chi connectivity index (χ2n) is 7.79. The zero-order chi connectivity index (χ0) is 23.6. The third-order valence-electron chi connectivity index (χ3n) is 5.52. The predicted molar refractivity (Wildman–Crippen MR) is 115 cm³/mol. The summed E-state index contributed by atoms with van der Waals surface area (Å²) < 4.78 is 45.3. The van der Waals surface area contributed by atoms with Crippen LogP contribution in [0.5, 0.6) is 0 Å². The van der Waals surface area contributed by atoms with Crippen molar-refractivity contribution in [3.05, 3.63) is 60.1 Å². The van der Waals surface area contributed by atoms with Gasteiger partial charge in [-0.15, -0.1) is 0 Å². The number of oxazole rings is 1. The van der Waals surface area contributed by atoms with Crippen LogP contribution < -0.4 is 10.2 Å². The van der Waals surface area contributed by atoms with Crippen LogP contribution in [0, 0.1) is 5.92 Å². The molecule has 3 aromatic rings. The zero-order valence-corrected chi connectivity index (χ0v) is 17.7. The van der Waals surface area contributed by atoms with Gasteiger partial charge < -0.3 is 14.6 Å². The molecule has 10 heteroatoms. The van der Waals surface area contributed by atoms with Crippen LogP contribution in [0.1, 0.15) is 36.0 Å². The number of anilines is 2. The van der Waals surface area contributed by atoms with Gasteiger partial charge in [-0.05, 0) is 44.0 Å². The summed E-state index contributed by atoms with van der Waals surface area (Å²) in [5, 5.41) is 2.40. The number of carbonyl (C=O) groups excluding carboxylic acids is 2. The average molecular weight is 458 g/mol. The van der Waals surface area contributed by atoms with E-state index in [2.05, 4.69) is 15.3 Å². The molecule has 1 aromatic carbocycles. The van der Waals surface area contributed by atoms with E-state index in [1.54, 1.807) is 37.3 Å². The highest BCUT2D eigenvalue weighted by molar-refractivity contribution is 6.04. The Hall–Kier alpha value is -3.69. The van der Waals surface area contributed by atoms with Gasteiger partial charge in [0.05, 0.1) is 11.9 Å². The quantitative estimate of drug-likeness (QED) is 0.590. The number of nitrogens with one attached hydrogen (secondary N) is 1. The summed E-state index contributed by atoms with van der Waals surface area (Å²) in [5.74, 6) is -1.90. The Morgan fingerprint density at radius 2 is 1.79 bits per heavy atom. The Balaban J connectivity index is 1.49. The molecular weight excluding hydrogens is 437 g/mol. The lowest BCUT2D eigenvalue weighted by atomic mass is 9.93. The standard InChI is InChI=1S/C23H21F3N4O3/c1-14(31)15-9-11-30(12-10-15)18-8-7-17(13-27-18)28-21(32)19-20(23(24,25)26)33-22(29-19)16-5-3-2-4-6-16/h2-8,13,15H,9-12H2,1H3,(H,28,32). The monoisotopic (exact) mass is 458 g/mol. The van der Waals surface area contributed by atoms with Gasteiger partial charge in [-0.25, -0.2) is 9.97 Å². The maximum Gasteiger partial charge on any atom is 0.452 e. The molecule has 1 fully saturated rings. The second-order valence-corrected chi connectivity index (χ2v) is 7.79. The van der Waals surface area contributed by atoms with Crippen molar-refractivity contribution < 1.29 is 27.2 Å². The molecule has 7 nitrogen and oxygen atoms in total. The van der Waals surface area contributed by atoms with Crippen LogP contribution in [0.3, 0.4) is 0 Å². The van der Waals surface area contributed by atoms with Crippen molar-refractivity contribution in [3.8, 4) is 11.5 Å². The number of pyridine rings is 1. The van der Waals surface area contributed by atoms with Gasteiger partial charge in [0.1, 0.15) is 11.6 Å². The van der Waals surface area contributed by atoms with E-state index >= 15 is 0 Å². The number of alkyl halides is 3. The molecule has 0 saturated carbocycles. The third-order valence-corrected chi connectivity index (χ3v) is 5.52. The highest BCUT2D eigenvalue weighted by atomic mass is 19.4. The summed E-state index contributed by atoms with van der Waals surface area (Å²) in [7, 11) is 0. The molecule has 0 radical (unpaired) electrons. The van der Waals surface area contributed by atoms with E-state index < -0.39 is 23.5 Å². The van der Waals surface area contributed by atoms with E-state index in [4.69, 9.17) is 4.42 Å². The lowest BCUT2D eigenvalue weighted by molar-refractivity contribution is -0.153. The fourth-order valence-corrected chi connectivity index (χ4v) is 3.72. The van der Waals surface area contributed by atoms with E-state index in [0.29, 0.717) is 24.5 Å². The van der Waals surface area contributed by atoms with Crippen molar-refractivity contribution in [2.45, 2.75) is 25.9 Å². The Labute approximate surface area is 187 Å². The molecule has 0 spiro atoms. The number of halogens is 3. The first kappa shape index (κ1) is 22.5. The molecule has 2 aromatic heterocycles. The first-order valence-electron chi connectivity index (χ1n) is 10.4. The number of hydrogen-bond acceptors (Lipinski definition) is 6. The number of aromatic nitrogens is 2. The molecule has 0 bridgehead atoms. The number of amides is 1. The van der Waals surface area contributed by atoms with E-state index in [0.717, 1.165) is 12.8 Å². The number of hydrogen-bond donors (Lipinski definition) is 1. The maximum absolute atomic E-state index is 13.5. The molecule has 0 atom stereocenters. The molecule has 1 amide bonds. The highest BCUT2D eigenvalue weighted by Gasteiger charge is 2.42. The molecule has 1 saturated heterocycles. The SMILES string of the molecule is CC(=O)C1CCN(c2ccc(NC(=O)c3nc(-c4ccccc4)oc3C(F)(F)F)cn2)CC1. The predicted octanol–water partition coefficient (Wildman–Crippen LogP) is 4.81. The van der Waals surface area contributed by atoms with Crippen molar-refractivity contribution in [1.82, 2.24) is 9.97 Å². The van der Waals surface area contributed by atoms with Gasteiger partial charge in [0.25, 0.3) is 5.91 Å². The fraction of sp³-hybridized carbons (Fsp3) is 0.304. The van der Waals surface area contributed by atoms with Crippen LogP contribution in [0.4, 0.5) is 24.7 Å². The Bertz CT molecular complexity index is 1140. The van der Waals surface area contributed by atoms with Crippen molar-refractivity contribution in [2.24, 2.45) is 5.92 Å². The van der Waals surface area contributed by atoms with Crippen LogP contribution >= 0.6 is 0 Å². The van der Waals surface area contributed by atoms with Crippen molar-refractivity contribution in [2.75, 3.05) is 23.3 Å². The summed E-state index contributed by atoms with van der Waals surface area (Å²) in [6, 6.07) is 11.3. The highest BCUT2D eigenvalue weighted by Crippen LogP contribution is 2.35. The minimum Gasteiger partial charge on any atom is -0.431 e. The van der Waals surface area contributed by atoms with Gasteiger partial charge in [-0.1, -0.05) is 18.2 Å². The summed E-state index contributed by atoms with van der Waals surface area (Å²) in [6.07, 6.45) is -2.03. The number of carbonyl (C=O) groups is 2. The molecule has 172 valence electrons. The summed E-state index contributed by atoms with van der Waals surface area (Å²) in [4.78, 5) is 34.3. The van der Waals surface area contributed by atoms with E-state index in [9.17, 15) is 22.8 Å². The van der Waals surface area contributed by atoms with Crippen LogP contribution in [-0.4, -0.2) is 34.7 Å². The lowest BCUT2D eigenvalue weighted by Gasteiger charge is -2.31. The minimum atomic E-state index is -4.89. The summed E-state index contributed by atoms with van der Waals surface area (Å²) >= 11 is 0. The topological polar surface area (TPSA) is 88.3 Å². The van der Waals surface area contributed by atoms with Gasteiger partial charge in [-0.3, -0.25) is 9.59 Å². The van der Waals surface area contributed by atoms with Crippen LogP contribution in [0.15, 0.2) is 53.1 Å². The first-order valence-corrected chi connectivity index (χ1v) is 10.4. The number of rotatable bonds is 5. The fourth-order valence-electron chi connectivity index (χ4n) is 3.72. The number of Topliss-reactive ketones (excluding diaryl/α,β-unsaturated/α-hetero) is 1. The molecule has 3 heterocycles. The first-order chi connectivity index (χ1) is 15.7. The van der Waals surface area contributed by atoms with E-state index in [-0.39, 0.29) is 23.3 Å². The van der Waals surface area contributed by atoms with Crippen LogP contribution in [-0.2, 0) is 11.0 Å². The molecule has 33 heavy (non-hydrogen) atoms. The third kappa shape index (κ3) is 5.05. The number of ketones is 1. The van der Waals surface area contributed by atoms with Gasteiger partial charge in [0, 0.05) is 24.6 Å². The van der Waals surface area contributed by atoms with Crippen molar-refractivity contribution >= 4 is 23.2 Å². The molecule has 1 aliphatic heterocycles. The summed E-state index contributed by atoms with van der Waals surface area (Å²) in [6.45, 7) is 2.95. The smallest absolute Gasteiger partial charge is 0.431 e. The zero-order valence-electron chi connectivity index (χ0n) is 17.7. The Morgan fingerprint density at radius 3 is 2.36 bits per heavy atom. The molecule has 4 rings (SSSR count). The largest absolute Gasteiger partial charge is 0.452 e. The summed E-state index contributed by atoms with van der Waals surface area (Å²) in [5.41, 5.74) is -0.307. The lowest BCUT2D eigenvalue weighted by Crippen LogP contribution is -2.36. The van der Waals surface area contributed by atoms with Gasteiger partial charge >= 0.3 is 6.18 Å². The van der Waals surface area contributed by atoms with E-state index in [1.807, 2.05) is 4.90 Å². The second kappa shape index (κ2) is 9.05. The minimum absolute atomic E-state index is 0.0610. The van der Waals surface area contributed by atoms with Crippen molar-refractivity contribution in [1.29, 1.82) is 0 Å². The molecule has 1 aliphatic rings. The Morgan fingerprint density at radius 1 is 1.09 bits per heavy atom. The van der Waals surface area contributed by atoms with Gasteiger partial charge in [0.15, 0.2) is 5.69 Å². The number of piperidine rings is 1. The number of benzene rings is 1. The Kier molecular flexibility index (Phi) is 6.17. The molecule has 0 aliphatic carbocycles. The average Bonchev–Trinajstić information content (AvgIpc) is 3.27. The van der Waals surface area contributed by atoms with Crippen LogP contribution in [0.2, 0.25) is 0 Å². The van der Waals surface area contributed by atoms with Crippen molar-refractivity contribution in [3.63, 3.8) is 0 Å². The van der Waals surface area contributed by atoms with Gasteiger partial charge in [0.2, 0.25) is 11.7 Å². The number of nitrogens with zero attached hydrogens (tertiary/aromatic N) is 3. The molecule has 1 N–H and O–H groups in total.